The van der Waals surface area contributed by atoms with E-state index in [4.69, 9.17) is 4.74 Å². The highest BCUT2D eigenvalue weighted by molar-refractivity contribution is 5.68. The van der Waals surface area contributed by atoms with Crippen LogP contribution in [0.5, 0.6) is 0 Å². The third-order valence-electron chi connectivity index (χ3n) is 3.17. The van der Waals surface area contributed by atoms with Crippen molar-refractivity contribution in [2.24, 2.45) is 5.92 Å². The predicted molar refractivity (Wildman–Crippen MR) is 73.6 cm³/mol. The topological polar surface area (TPSA) is 50.4 Å². The maximum atomic E-state index is 11.6. The molecular formula is C14H28N2O2. The molecule has 3 unspecified atom stereocenters. The number of carbonyl (C=O) groups is 1. The van der Waals surface area contributed by atoms with Gasteiger partial charge in [-0.05, 0) is 52.9 Å². The van der Waals surface area contributed by atoms with Gasteiger partial charge in [0.15, 0.2) is 0 Å². The molecule has 0 aliphatic heterocycles. The molecule has 18 heavy (non-hydrogen) atoms. The molecule has 0 aromatic rings. The van der Waals surface area contributed by atoms with Crippen molar-refractivity contribution < 1.29 is 9.53 Å². The molecule has 3 atom stereocenters. The van der Waals surface area contributed by atoms with E-state index in [9.17, 15) is 4.79 Å². The van der Waals surface area contributed by atoms with Crippen molar-refractivity contribution in [3.63, 3.8) is 0 Å². The monoisotopic (exact) mass is 256 g/mol. The number of carbonyl (C=O) groups excluding carboxylic acids is 1. The first-order valence-corrected chi connectivity index (χ1v) is 6.99. The maximum Gasteiger partial charge on any atom is 0.407 e. The minimum absolute atomic E-state index is 0.0933. The molecule has 0 aromatic carbocycles. The molecule has 1 aliphatic carbocycles. The second-order valence-electron chi connectivity index (χ2n) is 6.57. The third kappa shape index (κ3) is 6.24. The Labute approximate surface area is 111 Å². The first-order chi connectivity index (χ1) is 8.26. The SMILES string of the molecule is CC1CCC(NCC(C)NC(=O)OC(C)(C)C)C1. The minimum atomic E-state index is -0.432. The van der Waals surface area contributed by atoms with E-state index in [1.807, 2.05) is 27.7 Å². The van der Waals surface area contributed by atoms with Crippen molar-refractivity contribution in [2.75, 3.05) is 6.54 Å². The van der Waals surface area contributed by atoms with Crippen molar-refractivity contribution in [2.45, 2.75) is 71.6 Å². The van der Waals surface area contributed by atoms with Gasteiger partial charge in [0.05, 0.1) is 0 Å². The first-order valence-electron chi connectivity index (χ1n) is 6.99. The van der Waals surface area contributed by atoms with Gasteiger partial charge in [0, 0.05) is 18.6 Å². The highest BCUT2D eigenvalue weighted by Gasteiger charge is 2.22. The Morgan fingerprint density at radius 2 is 2.06 bits per heavy atom. The third-order valence-corrected chi connectivity index (χ3v) is 3.17. The molecule has 106 valence electrons. The Hall–Kier alpha value is -0.770. The summed E-state index contributed by atoms with van der Waals surface area (Å²) in [7, 11) is 0. The lowest BCUT2D eigenvalue weighted by molar-refractivity contribution is 0.0507. The number of rotatable bonds is 4. The molecule has 0 aromatic heterocycles. The number of hydrogen-bond acceptors (Lipinski definition) is 3. The molecule has 4 heteroatoms. The molecule has 1 aliphatic rings. The average molecular weight is 256 g/mol. The van der Waals surface area contributed by atoms with Crippen LogP contribution in [-0.4, -0.2) is 30.3 Å². The number of amides is 1. The molecule has 2 N–H and O–H groups in total. The molecule has 1 rings (SSSR count). The molecule has 0 saturated heterocycles. The Morgan fingerprint density at radius 3 is 2.56 bits per heavy atom. The second-order valence-corrected chi connectivity index (χ2v) is 6.57. The number of hydrogen-bond donors (Lipinski definition) is 2. The van der Waals surface area contributed by atoms with Gasteiger partial charge in [-0.2, -0.15) is 0 Å². The predicted octanol–water partition coefficient (Wildman–Crippen LogP) is 2.68. The van der Waals surface area contributed by atoms with E-state index in [1.165, 1.54) is 19.3 Å². The van der Waals surface area contributed by atoms with E-state index in [1.54, 1.807) is 0 Å². The van der Waals surface area contributed by atoms with E-state index >= 15 is 0 Å². The lowest BCUT2D eigenvalue weighted by Gasteiger charge is -2.23. The van der Waals surface area contributed by atoms with Crippen molar-refractivity contribution in [3.8, 4) is 0 Å². The van der Waals surface area contributed by atoms with Crippen molar-refractivity contribution in [3.05, 3.63) is 0 Å². The van der Waals surface area contributed by atoms with Crippen LogP contribution in [0, 0.1) is 5.92 Å². The van der Waals surface area contributed by atoms with Crippen LogP contribution in [0.1, 0.15) is 53.9 Å². The van der Waals surface area contributed by atoms with Gasteiger partial charge in [0.1, 0.15) is 5.60 Å². The normalized spacial score (nSPS) is 25.8. The van der Waals surface area contributed by atoms with Crippen LogP contribution < -0.4 is 10.6 Å². The van der Waals surface area contributed by atoms with Crippen LogP contribution in [0.25, 0.3) is 0 Å². The minimum Gasteiger partial charge on any atom is -0.444 e. The van der Waals surface area contributed by atoms with E-state index in [0.29, 0.717) is 6.04 Å². The summed E-state index contributed by atoms with van der Waals surface area (Å²) < 4.78 is 5.22. The maximum absolute atomic E-state index is 11.6. The van der Waals surface area contributed by atoms with Crippen LogP contribution in [0.15, 0.2) is 0 Å². The zero-order chi connectivity index (χ0) is 13.8. The fraction of sp³-hybridized carbons (Fsp3) is 0.929. The zero-order valence-electron chi connectivity index (χ0n) is 12.4. The fourth-order valence-corrected chi connectivity index (χ4v) is 2.30. The van der Waals surface area contributed by atoms with Crippen LogP contribution in [0.4, 0.5) is 4.79 Å². The number of nitrogens with one attached hydrogen (secondary N) is 2. The average Bonchev–Trinajstić information content (AvgIpc) is 2.58. The molecule has 0 spiro atoms. The van der Waals surface area contributed by atoms with Gasteiger partial charge in [-0.3, -0.25) is 0 Å². The van der Waals surface area contributed by atoms with E-state index in [0.717, 1.165) is 12.5 Å². The largest absolute Gasteiger partial charge is 0.444 e. The summed E-state index contributed by atoms with van der Waals surface area (Å²) >= 11 is 0. The summed E-state index contributed by atoms with van der Waals surface area (Å²) in [4.78, 5) is 11.6. The highest BCUT2D eigenvalue weighted by Crippen LogP contribution is 2.24. The summed E-state index contributed by atoms with van der Waals surface area (Å²) in [6.45, 7) is 10.7. The standard InChI is InChI=1S/C14H28N2O2/c1-10-6-7-12(8-10)15-9-11(2)16-13(17)18-14(3,4)5/h10-12,15H,6-9H2,1-5H3,(H,16,17). The molecule has 4 nitrogen and oxygen atoms in total. The van der Waals surface area contributed by atoms with Crippen molar-refractivity contribution in [1.29, 1.82) is 0 Å². The summed E-state index contributed by atoms with van der Waals surface area (Å²) in [5.41, 5.74) is -0.432. The second kappa shape index (κ2) is 6.41. The molecule has 0 radical (unpaired) electrons. The van der Waals surface area contributed by atoms with Crippen molar-refractivity contribution in [1.82, 2.24) is 10.6 Å². The molecular weight excluding hydrogens is 228 g/mol. The lowest BCUT2D eigenvalue weighted by Crippen LogP contribution is -2.44. The zero-order valence-corrected chi connectivity index (χ0v) is 12.4. The van der Waals surface area contributed by atoms with E-state index in [2.05, 4.69) is 17.6 Å². The van der Waals surface area contributed by atoms with Crippen LogP contribution in [0.2, 0.25) is 0 Å². The summed E-state index contributed by atoms with van der Waals surface area (Å²) in [6, 6.07) is 0.707. The van der Waals surface area contributed by atoms with Gasteiger partial charge in [-0.15, -0.1) is 0 Å². The molecule has 1 amide bonds. The quantitative estimate of drug-likeness (QED) is 0.813. The van der Waals surface area contributed by atoms with Crippen LogP contribution >= 0.6 is 0 Å². The van der Waals surface area contributed by atoms with E-state index in [-0.39, 0.29) is 12.1 Å². The summed E-state index contributed by atoms with van der Waals surface area (Å²) in [5, 5.41) is 6.36. The molecule has 1 saturated carbocycles. The van der Waals surface area contributed by atoms with Crippen LogP contribution in [-0.2, 0) is 4.74 Å². The Bertz CT molecular complexity index is 273. The molecule has 1 fully saturated rings. The van der Waals surface area contributed by atoms with Gasteiger partial charge >= 0.3 is 6.09 Å². The highest BCUT2D eigenvalue weighted by atomic mass is 16.6. The lowest BCUT2D eigenvalue weighted by atomic mass is 10.1. The summed E-state index contributed by atoms with van der Waals surface area (Å²) in [5.74, 6) is 0.830. The van der Waals surface area contributed by atoms with Gasteiger partial charge in [0.2, 0.25) is 0 Å². The van der Waals surface area contributed by atoms with Gasteiger partial charge in [0.25, 0.3) is 0 Å². The Morgan fingerprint density at radius 1 is 1.39 bits per heavy atom. The summed E-state index contributed by atoms with van der Waals surface area (Å²) in [6.07, 6.45) is 3.47. The Balaban J connectivity index is 2.17. The first kappa shape index (κ1) is 15.3. The molecule has 0 bridgehead atoms. The van der Waals surface area contributed by atoms with Gasteiger partial charge in [-0.1, -0.05) is 6.92 Å². The van der Waals surface area contributed by atoms with Gasteiger partial charge in [-0.25, -0.2) is 4.79 Å². The smallest absolute Gasteiger partial charge is 0.407 e. The van der Waals surface area contributed by atoms with E-state index < -0.39 is 5.60 Å². The van der Waals surface area contributed by atoms with Crippen molar-refractivity contribution >= 4 is 6.09 Å². The van der Waals surface area contributed by atoms with Crippen LogP contribution in [0.3, 0.4) is 0 Å². The molecule has 0 heterocycles. The number of alkyl carbamates (subject to hydrolysis) is 1. The van der Waals surface area contributed by atoms with Gasteiger partial charge < -0.3 is 15.4 Å². The Kier molecular flexibility index (Phi) is 5.45. The fourth-order valence-electron chi connectivity index (χ4n) is 2.30. The number of ether oxygens (including phenoxy) is 1.